The first-order chi connectivity index (χ1) is 9.61. The SMILES string of the molecule is CNCC1CCCN1C(=O)c1cn(CCC(C)C)nn1.Cl. The molecule has 0 aromatic carbocycles. The van der Waals surface area contributed by atoms with E-state index in [9.17, 15) is 4.79 Å². The van der Waals surface area contributed by atoms with Crippen LogP contribution in [0.3, 0.4) is 0 Å². The van der Waals surface area contributed by atoms with Crippen molar-refractivity contribution in [3.8, 4) is 0 Å². The maximum Gasteiger partial charge on any atom is 0.276 e. The van der Waals surface area contributed by atoms with E-state index < -0.39 is 0 Å². The number of hydrogen-bond acceptors (Lipinski definition) is 4. The molecule has 120 valence electrons. The lowest BCUT2D eigenvalue weighted by molar-refractivity contribution is 0.0731. The number of rotatable bonds is 6. The van der Waals surface area contributed by atoms with Crippen LogP contribution in [-0.4, -0.2) is 52.0 Å². The third-order valence-electron chi connectivity index (χ3n) is 3.77. The van der Waals surface area contributed by atoms with Gasteiger partial charge in [0.15, 0.2) is 5.69 Å². The maximum atomic E-state index is 12.5. The fourth-order valence-corrected chi connectivity index (χ4v) is 2.59. The van der Waals surface area contributed by atoms with Crippen molar-refractivity contribution < 1.29 is 4.79 Å². The monoisotopic (exact) mass is 315 g/mol. The van der Waals surface area contributed by atoms with Crippen LogP contribution >= 0.6 is 12.4 Å². The zero-order valence-electron chi connectivity index (χ0n) is 13.1. The lowest BCUT2D eigenvalue weighted by Crippen LogP contribution is -2.41. The summed E-state index contributed by atoms with van der Waals surface area (Å²) in [6.07, 6.45) is 4.95. The molecule has 0 saturated carbocycles. The van der Waals surface area contributed by atoms with Gasteiger partial charge in [0.1, 0.15) is 0 Å². The molecule has 1 unspecified atom stereocenters. The molecule has 1 fully saturated rings. The maximum absolute atomic E-state index is 12.5. The summed E-state index contributed by atoms with van der Waals surface area (Å²) >= 11 is 0. The quantitative estimate of drug-likeness (QED) is 0.865. The Kier molecular flexibility index (Phi) is 7.11. The molecule has 1 N–H and O–H groups in total. The van der Waals surface area contributed by atoms with Gasteiger partial charge in [-0.2, -0.15) is 0 Å². The molecule has 7 heteroatoms. The lowest BCUT2D eigenvalue weighted by atomic mass is 10.1. The third-order valence-corrected chi connectivity index (χ3v) is 3.77. The Morgan fingerprint density at radius 3 is 2.95 bits per heavy atom. The summed E-state index contributed by atoms with van der Waals surface area (Å²) in [7, 11) is 1.92. The highest BCUT2D eigenvalue weighted by Gasteiger charge is 2.30. The molecule has 1 saturated heterocycles. The highest BCUT2D eigenvalue weighted by Crippen LogP contribution is 2.18. The summed E-state index contributed by atoms with van der Waals surface area (Å²) in [6.45, 7) is 6.83. The van der Waals surface area contributed by atoms with Gasteiger partial charge in [-0.15, -0.1) is 17.5 Å². The van der Waals surface area contributed by atoms with Gasteiger partial charge >= 0.3 is 0 Å². The average molecular weight is 316 g/mol. The summed E-state index contributed by atoms with van der Waals surface area (Å²) in [5, 5.41) is 11.2. The van der Waals surface area contributed by atoms with E-state index in [-0.39, 0.29) is 24.4 Å². The zero-order chi connectivity index (χ0) is 14.5. The van der Waals surface area contributed by atoms with Crippen LogP contribution in [-0.2, 0) is 6.54 Å². The molecule has 1 aliphatic heterocycles. The predicted octanol–water partition coefficient (Wildman–Crippen LogP) is 1.57. The van der Waals surface area contributed by atoms with Gasteiger partial charge in [-0.3, -0.25) is 9.48 Å². The Hall–Kier alpha value is -1.14. The second kappa shape index (κ2) is 8.34. The van der Waals surface area contributed by atoms with Gasteiger partial charge in [0.25, 0.3) is 5.91 Å². The van der Waals surface area contributed by atoms with Crippen LogP contribution in [0.15, 0.2) is 6.20 Å². The van der Waals surface area contributed by atoms with E-state index in [1.807, 2.05) is 11.9 Å². The predicted molar refractivity (Wildman–Crippen MR) is 84.7 cm³/mol. The van der Waals surface area contributed by atoms with Crippen molar-refractivity contribution in [1.29, 1.82) is 0 Å². The number of nitrogens with one attached hydrogen (secondary N) is 1. The highest BCUT2D eigenvalue weighted by atomic mass is 35.5. The second-order valence-corrected chi connectivity index (χ2v) is 5.90. The van der Waals surface area contributed by atoms with Crippen molar-refractivity contribution in [3.05, 3.63) is 11.9 Å². The molecule has 6 nitrogen and oxygen atoms in total. The molecular formula is C14H26ClN5O. The van der Waals surface area contributed by atoms with E-state index in [0.717, 1.165) is 38.9 Å². The van der Waals surface area contributed by atoms with Crippen LogP contribution in [0, 0.1) is 5.92 Å². The molecule has 1 aromatic rings. The third kappa shape index (κ3) is 4.68. The van der Waals surface area contributed by atoms with E-state index in [1.165, 1.54) is 0 Å². The Labute approximate surface area is 132 Å². The number of amides is 1. The number of carbonyl (C=O) groups excluding carboxylic acids is 1. The molecule has 2 rings (SSSR count). The average Bonchev–Trinajstić information content (AvgIpc) is 3.05. The van der Waals surface area contributed by atoms with Crippen molar-refractivity contribution in [1.82, 2.24) is 25.2 Å². The summed E-state index contributed by atoms with van der Waals surface area (Å²) in [4.78, 5) is 14.4. The molecule has 1 atom stereocenters. The number of likely N-dealkylation sites (tertiary alicyclic amines) is 1. The number of carbonyl (C=O) groups is 1. The van der Waals surface area contributed by atoms with Crippen LogP contribution < -0.4 is 5.32 Å². The van der Waals surface area contributed by atoms with Crippen molar-refractivity contribution in [3.63, 3.8) is 0 Å². The van der Waals surface area contributed by atoms with Crippen LogP contribution in [0.4, 0.5) is 0 Å². The molecule has 0 bridgehead atoms. The van der Waals surface area contributed by atoms with Crippen LogP contribution in [0.5, 0.6) is 0 Å². The number of aromatic nitrogens is 3. The fraction of sp³-hybridized carbons (Fsp3) is 0.786. The smallest absolute Gasteiger partial charge is 0.276 e. The first-order valence-corrected chi connectivity index (χ1v) is 7.47. The molecule has 1 amide bonds. The van der Waals surface area contributed by atoms with Crippen molar-refractivity contribution in [2.45, 2.75) is 45.7 Å². The molecule has 21 heavy (non-hydrogen) atoms. The zero-order valence-corrected chi connectivity index (χ0v) is 13.9. The fourth-order valence-electron chi connectivity index (χ4n) is 2.59. The highest BCUT2D eigenvalue weighted by molar-refractivity contribution is 5.92. The van der Waals surface area contributed by atoms with Crippen molar-refractivity contribution in [2.24, 2.45) is 5.92 Å². The van der Waals surface area contributed by atoms with E-state index in [1.54, 1.807) is 10.9 Å². The minimum absolute atomic E-state index is 0. The standard InChI is InChI=1S/C14H25N5O.ClH/c1-11(2)6-8-18-10-13(16-17-18)14(20)19-7-4-5-12(19)9-15-3;/h10-12,15H,4-9H2,1-3H3;1H. The summed E-state index contributed by atoms with van der Waals surface area (Å²) in [5.74, 6) is 0.635. The number of likely N-dealkylation sites (N-methyl/N-ethyl adjacent to an activating group) is 1. The number of nitrogens with zero attached hydrogens (tertiary/aromatic N) is 4. The van der Waals surface area contributed by atoms with Gasteiger partial charge in [0.05, 0.1) is 6.20 Å². The second-order valence-electron chi connectivity index (χ2n) is 5.90. The topological polar surface area (TPSA) is 63.1 Å². The van der Waals surface area contributed by atoms with Crippen LogP contribution in [0.2, 0.25) is 0 Å². The van der Waals surface area contributed by atoms with Gasteiger partial charge in [-0.25, -0.2) is 0 Å². The molecule has 2 heterocycles. The molecule has 0 spiro atoms. The number of aryl methyl sites for hydroxylation is 1. The summed E-state index contributed by atoms with van der Waals surface area (Å²) < 4.78 is 1.77. The Bertz CT molecular complexity index is 448. The molecule has 1 aromatic heterocycles. The minimum Gasteiger partial charge on any atom is -0.333 e. The van der Waals surface area contributed by atoms with Gasteiger partial charge in [0.2, 0.25) is 0 Å². The van der Waals surface area contributed by atoms with E-state index in [4.69, 9.17) is 0 Å². The van der Waals surface area contributed by atoms with E-state index >= 15 is 0 Å². The Morgan fingerprint density at radius 2 is 2.29 bits per heavy atom. The molecule has 0 aliphatic carbocycles. The van der Waals surface area contributed by atoms with Crippen molar-refractivity contribution in [2.75, 3.05) is 20.1 Å². The number of halogens is 1. The molecular weight excluding hydrogens is 290 g/mol. The number of hydrogen-bond donors (Lipinski definition) is 1. The Balaban J connectivity index is 0.00000220. The van der Waals surface area contributed by atoms with E-state index in [2.05, 4.69) is 29.5 Å². The minimum atomic E-state index is 0. The summed E-state index contributed by atoms with van der Waals surface area (Å²) in [6, 6.07) is 0.285. The normalized spacial score (nSPS) is 18.1. The van der Waals surface area contributed by atoms with Crippen LogP contribution in [0.1, 0.15) is 43.6 Å². The van der Waals surface area contributed by atoms with Gasteiger partial charge < -0.3 is 10.2 Å². The molecule has 0 radical (unpaired) electrons. The molecule has 1 aliphatic rings. The van der Waals surface area contributed by atoms with Crippen LogP contribution in [0.25, 0.3) is 0 Å². The lowest BCUT2D eigenvalue weighted by Gasteiger charge is -2.23. The van der Waals surface area contributed by atoms with Crippen molar-refractivity contribution >= 4 is 18.3 Å². The first-order valence-electron chi connectivity index (χ1n) is 7.47. The first kappa shape index (κ1) is 17.9. The largest absolute Gasteiger partial charge is 0.333 e. The van der Waals surface area contributed by atoms with Gasteiger partial charge in [-0.1, -0.05) is 19.1 Å². The summed E-state index contributed by atoms with van der Waals surface area (Å²) in [5.41, 5.74) is 0.469. The van der Waals surface area contributed by atoms with Gasteiger partial charge in [-0.05, 0) is 32.2 Å². The van der Waals surface area contributed by atoms with E-state index in [0.29, 0.717) is 11.6 Å². The van der Waals surface area contributed by atoms with Gasteiger partial charge in [0, 0.05) is 25.7 Å². The Morgan fingerprint density at radius 1 is 1.52 bits per heavy atom.